The van der Waals surface area contributed by atoms with Crippen molar-refractivity contribution < 1.29 is 14.3 Å². The van der Waals surface area contributed by atoms with Gasteiger partial charge in [-0.3, -0.25) is 0 Å². The summed E-state index contributed by atoms with van der Waals surface area (Å²) in [6.45, 7) is 5.69. The topological polar surface area (TPSA) is 35.5 Å². The molecular formula is C15H18O3. The summed E-state index contributed by atoms with van der Waals surface area (Å²) in [6, 6.07) is 3.91. The van der Waals surface area contributed by atoms with Crippen LogP contribution in [0.3, 0.4) is 0 Å². The largest absolute Gasteiger partial charge is 0.496 e. The quantitative estimate of drug-likeness (QED) is 0.605. The minimum absolute atomic E-state index is 0.0468. The van der Waals surface area contributed by atoms with Crippen molar-refractivity contribution in [2.45, 2.75) is 32.3 Å². The van der Waals surface area contributed by atoms with Crippen molar-refractivity contribution in [3.05, 3.63) is 41.5 Å². The zero-order chi connectivity index (χ0) is 13.1. The number of carbonyl (C=O) groups is 1. The Labute approximate surface area is 107 Å². The monoisotopic (exact) mass is 246 g/mol. The maximum Gasteiger partial charge on any atom is 0.342 e. The van der Waals surface area contributed by atoms with E-state index in [0.717, 1.165) is 30.4 Å². The van der Waals surface area contributed by atoms with Crippen LogP contribution in [0.15, 0.2) is 24.8 Å². The number of ether oxygens (including phenoxy) is 2. The summed E-state index contributed by atoms with van der Waals surface area (Å²) in [4.78, 5) is 12.0. The number of methoxy groups -OCH3 is 1. The molecule has 0 radical (unpaired) electrons. The third-order valence-electron chi connectivity index (χ3n) is 3.17. The first-order chi connectivity index (χ1) is 8.65. The third-order valence-corrected chi connectivity index (χ3v) is 3.17. The summed E-state index contributed by atoms with van der Waals surface area (Å²) < 4.78 is 10.7. The second-order valence-electron chi connectivity index (χ2n) is 4.60. The van der Waals surface area contributed by atoms with Crippen molar-refractivity contribution in [1.82, 2.24) is 0 Å². The van der Waals surface area contributed by atoms with E-state index in [-0.39, 0.29) is 12.1 Å². The van der Waals surface area contributed by atoms with Crippen molar-refractivity contribution in [3.8, 4) is 5.75 Å². The van der Waals surface area contributed by atoms with Crippen molar-refractivity contribution in [1.29, 1.82) is 0 Å². The fraction of sp³-hybridized carbons (Fsp3) is 0.400. The predicted molar refractivity (Wildman–Crippen MR) is 70.1 cm³/mol. The van der Waals surface area contributed by atoms with Crippen LogP contribution >= 0.6 is 0 Å². The van der Waals surface area contributed by atoms with Gasteiger partial charge in [-0.1, -0.05) is 12.1 Å². The van der Waals surface area contributed by atoms with Crippen LogP contribution in [0.25, 0.3) is 0 Å². The highest BCUT2D eigenvalue weighted by molar-refractivity contribution is 5.95. The molecule has 0 aliphatic carbocycles. The molecule has 0 amide bonds. The average Bonchev–Trinajstić information content (AvgIpc) is 2.34. The number of hydrogen-bond acceptors (Lipinski definition) is 3. The van der Waals surface area contributed by atoms with E-state index in [9.17, 15) is 4.79 Å². The van der Waals surface area contributed by atoms with E-state index < -0.39 is 0 Å². The molecule has 0 saturated heterocycles. The Morgan fingerprint density at radius 2 is 2.33 bits per heavy atom. The number of cyclic esters (lactones) is 1. The lowest BCUT2D eigenvalue weighted by Crippen LogP contribution is -2.28. The summed E-state index contributed by atoms with van der Waals surface area (Å²) in [5.74, 6) is 0.333. The number of fused-ring (bicyclic) bond motifs is 1. The van der Waals surface area contributed by atoms with E-state index >= 15 is 0 Å². The summed E-state index contributed by atoms with van der Waals surface area (Å²) in [7, 11) is 1.58. The van der Waals surface area contributed by atoms with Crippen LogP contribution in [-0.2, 0) is 11.2 Å². The Hall–Kier alpha value is -1.77. The van der Waals surface area contributed by atoms with Crippen LogP contribution in [0.2, 0.25) is 0 Å². The summed E-state index contributed by atoms with van der Waals surface area (Å²) in [5, 5.41) is 0. The molecule has 3 heteroatoms. The number of aryl methyl sites for hydroxylation is 1. The minimum Gasteiger partial charge on any atom is -0.496 e. The lowest BCUT2D eigenvalue weighted by Gasteiger charge is -2.26. The molecule has 1 atom stereocenters. The highest BCUT2D eigenvalue weighted by Gasteiger charge is 2.29. The lowest BCUT2D eigenvalue weighted by molar-refractivity contribution is 0.0236. The fourth-order valence-corrected chi connectivity index (χ4v) is 2.34. The number of esters is 1. The molecule has 1 heterocycles. The van der Waals surface area contributed by atoms with Gasteiger partial charge in [0.15, 0.2) is 0 Å². The molecule has 0 N–H and O–H groups in total. The van der Waals surface area contributed by atoms with Gasteiger partial charge < -0.3 is 9.47 Å². The van der Waals surface area contributed by atoms with Crippen LogP contribution in [0.5, 0.6) is 5.75 Å². The molecule has 0 fully saturated rings. The zero-order valence-corrected chi connectivity index (χ0v) is 10.9. The van der Waals surface area contributed by atoms with Gasteiger partial charge in [-0.05, 0) is 37.0 Å². The maximum absolute atomic E-state index is 12.0. The minimum atomic E-state index is -0.276. The van der Waals surface area contributed by atoms with Gasteiger partial charge in [-0.2, -0.15) is 0 Å². The fourth-order valence-electron chi connectivity index (χ4n) is 2.34. The Morgan fingerprint density at radius 3 is 3.00 bits per heavy atom. The second-order valence-corrected chi connectivity index (χ2v) is 4.60. The van der Waals surface area contributed by atoms with Crippen LogP contribution in [0.1, 0.15) is 34.3 Å². The molecular weight excluding hydrogens is 228 g/mol. The van der Waals surface area contributed by atoms with E-state index in [1.807, 2.05) is 25.1 Å². The molecule has 1 aromatic rings. The molecule has 18 heavy (non-hydrogen) atoms. The number of benzene rings is 1. The number of rotatable bonds is 4. The summed E-state index contributed by atoms with van der Waals surface area (Å²) in [6.07, 6.45) is 4.24. The number of carbonyl (C=O) groups excluding carboxylic acids is 1. The van der Waals surface area contributed by atoms with Crippen LogP contribution < -0.4 is 4.74 Å². The molecule has 0 unspecified atom stereocenters. The number of hydrogen-bond donors (Lipinski definition) is 0. The average molecular weight is 246 g/mol. The first kappa shape index (κ1) is 12.7. The van der Waals surface area contributed by atoms with Crippen LogP contribution in [0.4, 0.5) is 0 Å². The van der Waals surface area contributed by atoms with Gasteiger partial charge in [0.2, 0.25) is 0 Å². The van der Waals surface area contributed by atoms with E-state index in [1.54, 1.807) is 7.11 Å². The standard InChI is InChI=1S/C15H18O3/c1-4-5-6-12-9-11-7-10(2)8-13(17-3)14(11)15(16)18-12/h4,7-8,12H,1,5-6,9H2,2-3H3/t12-/m0/s1. The summed E-state index contributed by atoms with van der Waals surface area (Å²) in [5.41, 5.74) is 2.71. The highest BCUT2D eigenvalue weighted by atomic mass is 16.5. The predicted octanol–water partition coefficient (Wildman–Crippen LogP) is 3.05. The van der Waals surface area contributed by atoms with Gasteiger partial charge in [-0.25, -0.2) is 4.79 Å². The van der Waals surface area contributed by atoms with Crippen LogP contribution in [-0.4, -0.2) is 19.2 Å². The Kier molecular flexibility index (Phi) is 3.70. The SMILES string of the molecule is C=CCC[C@H]1Cc2cc(C)cc(OC)c2C(=O)O1. The molecule has 0 aromatic heterocycles. The van der Waals surface area contributed by atoms with Crippen molar-refractivity contribution >= 4 is 5.97 Å². The molecule has 1 aliphatic heterocycles. The lowest BCUT2D eigenvalue weighted by atomic mass is 9.94. The van der Waals surface area contributed by atoms with Crippen LogP contribution in [0, 0.1) is 6.92 Å². The smallest absolute Gasteiger partial charge is 0.342 e. The molecule has 96 valence electrons. The van der Waals surface area contributed by atoms with Gasteiger partial charge >= 0.3 is 5.97 Å². The highest BCUT2D eigenvalue weighted by Crippen LogP contribution is 2.31. The van der Waals surface area contributed by atoms with Gasteiger partial charge in [-0.15, -0.1) is 6.58 Å². The number of allylic oxidation sites excluding steroid dienone is 1. The van der Waals surface area contributed by atoms with Gasteiger partial charge in [0.05, 0.1) is 7.11 Å². The van der Waals surface area contributed by atoms with E-state index in [1.165, 1.54) is 0 Å². The normalized spacial score (nSPS) is 17.9. The van der Waals surface area contributed by atoms with Gasteiger partial charge in [0.25, 0.3) is 0 Å². The Bertz CT molecular complexity index is 477. The molecule has 1 aliphatic rings. The summed E-state index contributed by atoms with van der Waals surface area (Å²) >= 11 is 0. The molecule has 0 bridgehead atoms. The Balaban J connectivity index is 2.32. The Morgan fingerprint density at radius 1 is 1.56 bits per heavy atom. The molecule has 0 saturated carbocycles. The zero-order valence-electron chi connectivity index (χ0n) is 10.9. The maximum atomic E-state index is 12.0. The molecule has 2 rings (SSSR count). The van der Waals surface area contributed by atoms with E-state index in [4.69, 9.17) is 9.47 Å². The first-order valence-corrected chi connectivity index (χ1v) is 6.15. The second kappa shape index (κ2) is 5.25. The van der Waals surface area contributed by atoms with Crippen molar-refractivity contribution in [2.24, 2.45) is 0 Å². The molecule has 3 nitrogen and oxygen atoms in total. The van der Waals surface area contributed by atoms with Gasteiger partial charge in [0, 0.05) is 6.42 Å². The molecule has 1 aromatic carbocycles. The van der Waals surface area contributed by atoms with E-state index in [0.29, 0.717) is 11.3 Å². The first-order valence-electron chi connectivity index (χ1n) is 6.15. The third kappa shape index (κ3) is 2.40. The van der Waals surface area contributed by atoms with E-state index in [2.05, 4.69) is 6.58 Å². The molecule has 0 spiro atoms. The van der Waals surface area contributed by atoms with Crippen molar-refractivity contribution in [3.63, 3.8) is 0 Å². The van der Waals surface area contributed by atoms with Crippen molar-refractivity contribution in [2.75, 3.05) is 7.11 Å². The van der Waals surface area contributed by atoms with Gasteiger partial charge in [0.1, 0.15) is 17.4 Å².